The lowest BCUT2D eigenvalue weighted by Crippen LogP contribution is -2.51. The second-order valence-electron chi connectivity index (χ2n) is 9.53. The van der Waals surface area contributed by atoms with Crippen LogP contribution in [-0.4, -0.2) is 35.4 Å². The van der Waals surface area contributed by atoms with Crippen LogP contribution in [0.3, 0.4) is 0 Å². The van der Waals surface area contributed by atoms with Gasteiger partial charge < -0.3 is 15.0 Å². The van der Waals surface area contributed by atoms with E-state index in [4.69, 9.17) is 27.9 Å². The summed E-state index contributed by atoms with van der Waals surface area (Å²) >= 11 is 16.0. The number of nitrogens with zero attached hydrogens (tertiary/aromatic N) is 1. The van der Waals surface area contributed by atoms with E-state index in [-0.39, 0.29) is 36.4 Å². The summed E-state index contributed by atoms with van der Waals surface area (Å²) < 4.78 is 6.63. The van der Waals surface area contributed by atoms with Crippen LogP contribution in [0.25, 0.3) is 0 Å². The highest BCUT2D eigenvalue weighted by Crippen LogP contribution is 2.31. The third-order valence-electron chi connectivity index (χ3n) is 5.32. The van der Waals surface area contributed by atoms with Gasteiger partial charge in [0.05, 0.1) is 4.47 Å². The highest BCUT2D eigenvalue weighted by molar-refractivity contribution is 9.10. The lowest BCUT2D eigenvalue weighted by Gasteiger charge is -2.31. The Hall–Kier alpha value is -1.76. The van der Waals surface area contributed by atoms with Crippen molar-refractivity contribution in [1.82, 2.24) is 10.2 Å². The van der Waals surface area contributed by atoms with Crippen LogP contribution >= 0.6 is 39.1 Å². The van der Waals surface area contributed by atoms with Gasteiger partial charge in [0.1, 0.15) is 11.8 Å². The third-order valence-corrected chi connectivity index (χ3v) is 6.53. The van der Waals surface area contributed by atoms with Gasteiger partial charge in [-0.15, -0.1) is 0 Å². The molecule has 0 heterocycles. The van der Waals surface area contributed by atoms with E-state index < -0.39 is 6.04 Å². The Morgan fingerprint density at radius 2 is 1.79 bits per heavy atom. The molecule has 2 rings (SSSR count). The number of amides is 2. The number of benzene rings is 2. The first kappa shape index (κ1) is 28.5. The standard InChI is InChI=1S/C26H33BrCl2N2O3/c1-7-22(25(33)30-16(2)3)31(14-17-8-10-19(28)13-21(17)29)24(32)15-34-23-11-9-18(12-20(23)27)26(4,5)6/h8-13,16,22H,7,14-15H2,1-6H3,(H,30,33). The molecule has 0 spiro atoms. The Kier molecular flexibility index (Phi) is 10.3. The van der Waals surface area contributed by atoms with Gasteiger partial charge in [0.15, 0.2) is 6.61 Å². The average molecular weight is 572 g/mol. The van der Waals surface area contributed by atoms with Crippen molar-refractivity contribution in [2.45, 2.75) is 72.0 Å². The van der Waals surface area contributed by atoms with Crippen molar-refractivity contribution in [2.75, 3.05) is 6.61 Å². The van der Waals surface area contributed by atoms with Gasteiger partial charge in [-0.25, -0.2) is 0 Å². The van der Waals surface area contributed by atoms with E-state index in [2.05, 4.69) is 42.0 Å². The Balaban J connectivity index is 2.28. The molecule has 5 nitrogen and oxygen atoms in total. The van der Waals surface area contributed by atoms with Crippen molar-refractivity contribution in [3.8, 4) is 5.75 Å². The van der Waals surface area contributed by atoms with Crippen molar-refractivity contribution < 1.29 is 14.3 Å². The van der Waals surface area contributed by atoms with Gasteiger partial charge in [0.25, 0.3) is 5.91 Å². The van der Waals surface area contributed by atoms with E-state index in [0.717, 1.165) is 10.0 Å². The average Bonchev–Trinajstić information content (AvgIpc) is 2.72. The Morgan fingerprint density at radius 1 is 1.12 bits per heavy atom. The molecule has 0 aromatic heterocycles. The van der Waals surface area contributed by atoms with Crippen molar-refractivity contribution in [3.05, 3.63) is 62.0 Å². The first-order valence-corrected chi connectivity index (χ1v) is 12.8. The fourth-order valence-corrected chi connectivity index (χ4v) is 4.40. The zero-order valence-electron chi connectivity index (χ0n) is 20.5. The van der Waals surface area contributed by atoms with E-state index in [9.17, 15) is 9.59 Å². The van der Waals surface area contributed by atoms with E-state index in [1.807, 2.05) is 39.0 Å². The van der Waals surface area contributed by atoms with Crippen LogP contribution in [0.4, 0.5) is 0 Å². The van der Waals surface area contributed by atoms with Gasteiger partial charge in [-0.1, -0.05) is 63.0 Å². The highest BCUT2D eigenvalue weighted by Gasteiger charge is 2.30. The number of carbonyl (C=O) groups is 2. The minimum Gasteiger partial charge on any atom is -0.483 e. The van der Waals surface area contributed by atoms with Crippen LogP contribution in [0.15, 0.2) is 40.9 Å². The molecule has 0 saturated heterocycles. The molecule has 34 heavy (non-hydrogen) atoms. The first-order chi connectivity index (χ1) is 15.8. The molecule has 0 aliphatic heterocycles. The van der Waals surface area contributed by atoms with Crippen LogP contribution in [0.1, 0.15) is 59.1 Å². The summed E-state index contributed by atoms with van der Waals surface area (Å²) in [7, 11) is 0. The fourth-order valence-electron chi connectivity index (χ4n) is 3.44. The van der Waals surface area contributed by atoms with Crippen LogP contribution in [0.2, 0.25) is 10.0 Å². The zero-order valence-corrected chi connectivity index (χ0v) is 23.6. The van der Waals surface area contributed by atoms with Crippen molar-refractivity contribution >= 4 is 50.9 Å². The molecule has 0 bridgehead atoms. The SMILES string of the molecule is CCC(C(=O)NC(C)C)N(Cc1ccc(Cl)cc1Cl)C(=O)COc1ccc(C(C)(C)C)cc1Br. The molecule has 1 unspecified atom stereocenters. The maximum Gasteiger partial charge on any atom is 0.261 e. The summed E-state index contributed by atoms with van der Waals surface area (Å²) in [5, 5.41) is 3.85. The highest BCUT2D eigenvalue weighted by atomic mass is 79.9. The van der Waals surface area contributed by atoms with Gasteiger partial charge in [0.2, 0.25) is 5.91 Å². The van der Waals surface area contributed by atoms with Gasteiger partial charge in [0, 0.05) is 22.6 Å². The Morgan fingerprint density at radius 3 is 2.32 bits per heavy atom. The fraction of sp³-hybridized carbons (Fsp3) is 0.462. The molecular formula is C26H33BrCl2N2O3. The molecule has 186 valence electrons. The summed E-state index contributed by atoms with van der Waals surface area (Å²) in [5.41, 5.74) is 1.84. The quantitative estimate of drug-likeness (QED) is 0.361. The molecular weight excluding hydrogens is 539 g/mol. The van der Waals surface area contributed by atoms with E-state index in [1.165, 1.54) is 4.90 Å². The molecule has 2 aromatic rings. The molecule has 2 amide bonds. The summed E-state index contributed by atoms with van der Waals surface area (Å²) in [6.45, 7) is 12.0. The molecule has 8 heteroatoms. The molecule has 1 N–H and O–H groups in total. The lowest BCUT2D eigenvalue weighted by atomic mass is 9.87. The molecule has 0 radical (unpaired) electrons. The normalized spacial score (nSPS) is 12.4. The molecule has 0 saturated carbocycles. The summed E-state index contributed by atoms with van der Waals surface area (Å²) in [6.07, 6.45) is 0.444. The second-order valence-corrected chi connectivity index (χ2v) is 11.2. The summed E-state index contributed by atoms with van der Waals surface area (Å²) in [5.74, 6) is 0.0284. The lowest BCUT2D eigenvalue weighted by molar-refractivity contribution is -0.143. The topological polar surface area (TPSA) is 58.6 Å². The smallest absolute Gasteiger partial charge is 0.261 e. The maximum absolute atomic E-state index is 13.4. The molecule has 1 atom stereocenters. The molecule has 2 aromatic carbocycles. The Bertz CT molecular complexity index is 1020. The van der Waals surface area contributed by atoms with Crippen molar-refractivity contribution in [3.63, 3.8) is 0 Å². The first-order valence-electron chi connectivity index (χ1n) is 11.3. The predicted octanol–water partition coefficient (Wildman–Crippen LogP) is 6.76. The predicted molar refractivity (Wildman–Crippen MR) is 143 cm³/mol. The number of nitrogens with one attached hydrogen (secondary N) is 1. The summed E-state index contributed by atoms with van der Waals surface area (Å²) in [6, 6.07) is 10.2. The number of rotatable bonds is 9. The second kappa shape index (κ2) is 12.3. The van der Waals surface area contributed by atoms with Crippen molar-refractivity contribution in [1.29, 1.82) is 0 Å². The van der Waals surface area contributed by atoms with E-state index in [1.54, 1.807) is 18.2 Å². The number of halogens is 3. The number of hydrogen-bond donors (Lipinski definition) is 1. The van der Waals surface area contributed by atoms with Gasteiger partial charge in [-0.2, -0.15) is 0 Å². The summed E-state index contributed by atoms with van der Waals surface area (Å²) in [4.78, 5) is 27.8. The number of ether oxygens (including phenoxy) is 1. The van der Waals surface area contributed by atoms with Gasteiger partial charge in [-0.3, -0.25) is 9.59 Å². The van der Waals surface area contributed by atoms with Crippen LogP contribution in [-0.2, 0) is 21.5 Å². The van der Waals surface area contributed by atoms with Crippen LogP contribution in [0.5, 0.6) is 5.75 Å². The molecule has 0 fully saturated rings. The van der Waals surface area contributed by atoms with E-state index >= 15 is 0 Å². The Labute approximate surface area is 221 Å². The third kappa shape index (κ3) is 7.89. The molecule has 0 aliphatic rings. The maximum atomic E-state index is 13.4. The minimum atomic E-state index is -0.669. The van der Waals surface area contributed by atoms with Gasteiger partial charge >= 0.3 is 0 Å². The number of hydrogen-bond acceptors (Lipinski definition) is 3. The monoisotopic (exact) mass is 570 g/mol. The van der Waals surface area contributed by atoms with Crippen LogP contribution < -0.4 is 10.1 Å². The van der Waals surface area contributed by atoms with E-state index in [0.29, 0.717) is 27.8 Å². The molecule has 0 aliphatic carbocycles. The minimum absolute atomic E-state index is 0.0103. The largest absolute Gasteiger partial charge is 0.483 e. The van der Waals surface area contributed by atoms with Gasteiger partial charge in [-0.05, 0) is 77.0 Å². The zero-order chi connectivity index (χ0) is 25.6. The number of carbonyl (C=O) groups excluding carboxylic acids is 2. The van der Waals surface area contributed by atoms with Crippen LogP contribution in [0, 0.1) is 0 Å². The van der Waals surface area contributed by atoms with Crippen molar-refractivity contribution in [2.24, 2.45) is 0 Å².